The van der Waals surface area contributed by atoms with E-state index >= 15 is 0 Å². The fraction of sp³-hybridized carbons (Fsp3) is 0.273. The molecule has 2 aromatic rings. The lowest BCUT2D eigenvalue weighted by molar-refractivity contribution is -0.147. The minimum absolute atomic E-state index is 0.108. The molecule has 0 bridgehead atoms. The molecule has 2 rings (SSSR count). The van der Waals surface area contributed by atoms with Crippen LogP contribution in [0.4, 0.5) is 18.9 Å². The first-order valence-electron chi connectivity index (χ1n) is 5.36. The molecule has 1 aromatic carbocycles. The molecule has 0 aliphatic rings. The van der Waals surface area contributed by atoms with Crippen LogP contribution in [0.15, 0.2) is 18.2 Å². The van der Waals surface area contributed by atoms with Gasteiger partial charge in [0.1, 0.15) is 6.54 Å². The van der Waals surface area contributed by atoms with Crippen LogP contribution in [0.25, 0.3) is 11.0 Å². The smallest absolute Gasteiger partial charge is 0.399 e. The van der Waals surface area contributed by atoms with Crippen molar-refractivity contribution in [3.8, 4) is 0 Å². The fourth-order valence-electron chi connectivity index (χ4n) is 1.75. The fourth-order valence-corrected chi connectivity index (χ4v) is 1.75. The van der Waals surface area contributed by atoms with Gasteiger partial charge >= 0.3 is 6.18 Å². The van der Waals surface area contributed by atoms with Crippen LogP contribution >= 0.6 is 0 Å². The van der Waals surface area contributed by atoms with Crippen molar-refractivity contribution in [2.45, 2.75) is 12.7 Å². The largest absolute Gasteiger partial charge is 0.449 e. The molecule has 0 radical (unpaired) electrons. The number of halogens is 3. The van der Waals surface area contributed by atoms with Gasteiger partial charge in [-0.15, -0.1) is 0 Å². The van der Waals surface area contributed by atoms with Gasteiger partial charge in [-0.05, 0) is 18.2 Å². The molecule has 19 heavy (non-hydrogen) atoms. The Morgan fingerprint density at radius 3 is 2.74 bits per heavy atom. The van der Waals surface area contributed by atoms with Crippen molar-refractivity contribution in [1.82, 2.24) is 14.9 Å². The number of fused-ring (bicyclic) bond motifs is 1. The number of rotatable bonds is 2. The number of alkyl halides is 3. The summed E-state index contributed by atoms with van der Waals surface area (Å²) in [4.78, 5) is 14.8. The van der Waals surface area contributed by atoms with Gasteiger partial charge in [0.25, 0.3) is 0 Å². The zero-order valence-electron chi connectivity index (χ0n) is 9.95. The van der Waals surface area contributed by atoms with E-state index in [2.05, 4.69) is 10.3 Å². The maximum atomic E-state index is 12.9. The number of hydrogen-bond acceptors (Lipinski definition) is 3. The number of nitrogens with one attached hydrogen (secondary N) is 1. The molecule has 1 heterocycles. The van der Waals surface area contributed by atoms with Gasteiger partial charge in [0, 0.05) is 12.7 Å². The molecule has 0 saturated heterocycles. The van der Waals surface area contributed by atoms with Crippen molar-refractivity contribution in [1.29, 1.82) is 0 Å². The van der Waals surface area contributed by atoms with E-state index in [9.17, 15) is 18.0 Å². The van der Waals surface area contributed by atoms with Crippen LogP contribution in [0.2, 0.25) is 0 Å². The molecule has 0 fully saturated rings. The second-order valence-corrected chi connectivity index (χ2v) is 3.94. The lowest BCUT2D eigenvalue weighted by Crippen LogP contribution is -2.26. The third kappa shape index (κ3) is 2.47. The highest BCUT2D eigenvalue weighted by atomic mass is 19.4. The summed E-state index contributed by atoms with van der Waals surface area (Å²) in [5.74, 6) is -1.65. The van der Waals surface area contributed by atoms with Crippen molar-refractivity contribution in [3.63, 3.8) is 0 Å². The Labute approximate surface area is 106 Å². The minimum Gasteiger partial charge on any atom is -0.399 e. The first-order chi connectivity index (χ1) is 8.82. The Morgan fingerprint density at radius 2 is 2.16 bits per heavy atom. The Hall–Kier alpha value is -2.25. The van der Waals surface area contributed by atoms with E-state index in [-0.39, 0.29) is 11.0 Å². The summed E-state index contributed by atoms with van der Waals surface area (Å²) < 4.78 is 39.5. The van der Waals surface area contributed by atoms with E-state index in [4.69, 9.17) is 5.73 Å². The molecule has 3 N–H and O–H groups in total. The summed E-state index contributed by atoms with van der Waals surface area (Å²) in [7, 11) is 1.35. The van der Waals surface area contributed by atoms with Gasteiger partial charge in [-0.3, -0.25) is 4.79 Å². The first-order valence-corrected chi connectivity index (χ1v) is 5.36. The highest BCUT2D eigenvalue weighted by Crippen LogP contribution is 2.31. The van der Waals surface area contributed by atoms with E-state index in [0.717, 1.165) is 4.57 Å². The van der Waals surface area contributed by atoms with Crippen molar-refractivity contribution >= 4 is 22.6 Å². The van der Waals surface area contributed by atoms with Gasteiger partial charge in [-0.1, -0.05) is 0 Å². The van der Waals surface area contributed by atoms with Crippen LogP contribution < -0.4 is 11.1 Å². The van der Waals surface area contributed by atoms with Crippen molar-refractivity contribution in [3.05, 3.63) is 24.0 Å². The molecule has 0 atom stereocenters. The molecule has 1 aromatic heterocycles. The molecule has 0 aliphatic heterocycles. The number of benzene rings is 1. The van der Waals surface area contributed by atoms with E-state index in [1.807, 2.05) is 0 Å². The molecule has 0 saturated carbocycles. The predicted molar refractivity (Wildman–Crippen MR) is 63.2 cm³/mol. The predicted octanol–water partition coefficient (Wildman–Crippen LogP) is 1.38. The number of amides is 1. The van der Waals surface area contributed by atoms with Gasteiger partial charge < -0.3 is 15.6 Å². The quantitative estimate of drug-likeness (QED) is 0.811. The second kappa shape index (κ2) is 4.45. The summed E-state index contributed by atoms with van der Waals surface area (Å²) in [5, 5.41) is 2.28. The summed E-state index contributed by atoms with van der Waals surface area (Å²) in [6.45, 7) is -0.453. The van der Waals surface area contributed by atoms with E-state index in [0.29, 0.717) is 5.69 Å². The van der Waals surface area contributed by atoms with Gasteiger partial charge in [0.15, 0.2) is 0 Å². The zero-order chi connectivity index (χ0) is 14.2. The van der Waals surface area contributed by atoms with Crippen molar-refractivity contribution in [2.24, 2.45) is 0 Å². The van der Waals surface area contributed by atoms with E-state index in [1.54, 1.807) is 0 Å². The monoisotopic (exact) mass is 272 g/mol. The Balaban J connectivity index is 2.65. The number of nitrogens with zero attached hydrogens (tertiary/aromatic N) is 2. The minimum atomic E-state index is -4.64. The third-order valence-electron chi connectivity index (χ3n) is 2.61. The molecule has 0 aliphatic carbocycles. The summed E-state index contributed by atoms with van der Waals surface area (Å²) in [5.41, 5.74) is 6.14. The van der Waals surface area contributed by atoms with Gasteiger partial charge in [0.05, 0.1) is 11.0 Å². The first kappa shape index (κ1) is 13.2. The van der Waals surface area contributed by atoms with Crippen LogP contribution in [-0.4, -0.2) is 22.5 Å². The van der Waals surface area contributed by atoms with E-state index < -0.39 is 24.5 Å². The molecule has 0 unspecified atom stereocenters. The normalized spacial score (nSPS) is 11.8. The highest BCUT2D eigenvalue weighted by Gasteiger charge is 2.37. The van der Waals surface area contributed by atoms with Crippen LogP contribution in [0.5, 0.6) is 0 Å². The standard InChI is InChI=1S/C11H11F3N4O/c1-16-9(19)5-18-8-3-2-6(15)4-7(8)17-10(18)11(12,13)14/h2-4H,5,15H2,1H3,(H,16,19). The molecule has 102 valence electrons. The van der Waals surface area contributed by atoms with Crippen molar-refractivity contribution < 1.29 is 18.0 Å². The Bertz CT molecular complexity index is 633. The maximum Gasteiger partial charge on any atom is 0.449 e. The van der Waals surface area contributed by atoms with Gasteiger partial charge in [-0.2, -0.15) is 13.2 Å². The van der Waals surface area contributed by atoms with Crippen LogP contribution in [0.1, 0.15) is 5.82 Å². The van der Waals surface area contributed by atoms with Crippen LogP contribution in [0, 0.1) is 0 Å². The number of imidazole rings is 1. The number of likely N-dealkylation sites (N-methyl/N-ethyl adjacent to an activating group) is 1. The molecule has 1 amide bonds. The van der Waals surface area contributed by atoms with E-state index in [1.165, 1.54) is 25.2 Å². The Morgan fingerprint density at radius 1 is 1.47 bits per heavy atom. The maximum absolute atomic E-state index is 12.9. The van der Waals surface area contributed by atoms with Crippen molar-refractivity contribution in [2.75, 3.05) is 12.8 Å². The summed E-state index contributed by atoms with van der Waals surface area (Å²) >= 11 is 0. The number of anilines is 1. The Kier molecular flexibility index (Phi) is 3.09. The average Bonchev–Trinajstić information content (AvgIpc) is 2.67. The molecule has 5 nitrogen and oxygen atoms in total. The van der Waals surface area contributed by atoms with Gasteiger partial charge in [-0.25, -0.2) is 4.98 Å². The van der Waals surface area contributed by atoms with Gasteiger partial charge in [0.2, 0.25) is 11.7 Å². The number of carbonyl (C=O) groups excluding carboxylic acids is 1. The number of carbonyl (C=O) groups is 1. The zero-order valence-corrected chi connectivity index (χ0v) is 9.95. The lowest BCUT2D eigenvalue weighted by Gasteiger charge is -2.10. The number of aromatic nitrogens is 2. The molecular weight excluding hydrogens is 261 g/mol. The topological polar surface area (TPSA) is 72.9 Å². The SMILES string of the molecule is CNC(=O)Cn1c(C(F)(F)F)nc2cc(N)ccc21. The lowest BCUT2D eigenvalue weighted by atomic mass is 10.3. The molecule has 0 spiro atoms. The number of nitrogen functional groups attached to an aromatic ring is 1. The summed E-state index contributed by atoms with van der Waals surface area (Å²) in [6.07, 6.45) is -4.64. The summed E-state index contributed by atoms with van der Waals surface area (Å²) in [6, 6.07) is 4.21. The number of hydrogen-bond donors (Lipinski definition) is 2. The number of nitrogens with two attached hydrogens (primary N) is 1. The average molecular weight is 272 g/mol. The molecular formula is C11H11F3N4O. The van der Waals surface area contributed by atoms with Crippen LogP contribution in [0.3, 0.4) is 0 Å². The molecule has 8 heteroatoms. The second-order valence-electron chi connectivity index (χ2n) is 3.94. The van der Waals surface area contributed by atoms with Crippen LogP contribution in [-0.2, 0) is 17.5 Å². The highest BCUT2D eigenvalue weighted by molar-refractivity contribution is 5.83. The third-order valence-corrected chi connectivity index (χ3v) is 2.61.